The van der Waals surface area contributed by atoms with Crippen molar-refractivity contribution in [2.24, 2.45) is 5.73 Å². The van der Waals surface area contributed by atoms with Gasteiger partial charge in [0, 0.05) is 35.8 Å². The minimum Gasteiger partial charge on any atom is -0.342 e. The van der Waals surface area contributed by atoms with Crippen molar-refractivity contribution >= 4 is 17.2 Å². The van der Waals surface area contributed by atoms with Crippen LogP contribution < -0.4 is 5.73 Å². The van der Waals surface area contributed by atoms with Gasteiger partial charge in [-0.1, -0.05) is 0 Å². The normalized spacial score (nSPS) is 12.5. The molecule has 0 bridgehead atoms. The molecule has 1 aromatic rings. The van der Waals surface area contributed by atoms with Crippen molar-refractivity contribution in [3.05, 3.63) is 21.9 Å². The van der Waals surface area contributed by atoms with Crippen LogP contribution in [0.1, 0.15) is 29.5 Å². The van der Waals surface area contributed by atoms with Crippen LogP contribution in [0.3, 0.4) is 0 Å². The summed E-state index contributed by atoms with van der Waals surface area (Å²) in [4.78, 5) is 16.3. The third-order valence-corrected chi connectivity index (χ3v) is 4.07. The van der Waals surface area contributed by atoms with Crippen LogP contribution in [-0.2, 0) is 11.2 Å². The van der Waals surface area contributed by atoms with E-state index in [-0.39, 0.29) is 11.9 Å². The average molecular weight is 254 g/mol. The molecule has 2 N–H and O–H groups in total. The second-order valence-corrected chi connectivity index (χ2v) is 5.83. The molecule has 1 unspecified atom stereocenters. The highest BCUT2D eigenvalue weighted by molar-refractivity contribution is 7.11. The zero-order valence-electron chi connectivity index (χ0n) is 10.9. The number of carbonyl (C=O) groups excluding carboxylic acids is 1. The van der Waals surface area contributed by atoms with Gasteiger partial charge in [0.15, 0.2) is 0 Å². The van der Waals surface area contributed by atoms with Gasteiger partial charge in [0.1, 0.15) is 0 Å². The van der Waals surface area contributed by atoms with Gasteiger partial charge in [-0.25, -0.2) is 0 Å². The van der Waals surface area contributed by atoms with E-state index in [4.69, 9.17) is 5.73 Å². The fraction of sp³-hybridized carbons (Fsp3) is 0.615. The second kappa shape index (κ2) is 6.77. The van der Waals surface area contributed by atoms with Crippen LogP contribution in [0.2, 0.25) is 0 Å². The number of amides is 1. The van der Waals surface area contributed by atoms with E-state index < -0.39 is 0 Å². The van der Waals surface area contributed by atoms with Crippen LogP contribution >= 0.6 is 11.3 Å². The summed E-state index contributed by atoms with van der Waals surface area (Å²) in [5.41, 5.74) is 5.54. The Morgan fingerprint density at radius 2 is 2.24 bits per heavy atom. The second-order valence-electron chi connectivity index (χ2n) is 4.46. The molecule has 0 aromatic carbocycles. The number of carbonyl (C=O) groups is 1. The van der Waals surface area contributed by atoms with Gasteiger partial charge < -0.3 is 10.6 Å². The molecule has 96 valence electrons. The molecule has 0 radical (unpaired) electrons. The summed E-state index contributed by atoms with van der Waals surface area (Å²) in [6.45, 7) is 4.60. The molecule has 1 atom stereocenters. The SMILES string of the molecule is Cc1ccc(CCCC(=O)N(C)C(C)CN)s1. The molecule has 3 nitrogen and oxygen atoms in total. The first-order chi connectivity index (χ1) is 8.04. The maximum absolute atomic E-state index is 11.8. The molecule has 0 saturated heterocycles. The first kappa shape index (κ1) is 14.2. The van der Waals surface area contributed by atoms with Crippen molar-refractivity contribution in [1.82, 2.24) is 4.90 Å². The molecule has 17 heavy (non-hydrogen) atoms. The van der Waals surface area contributed by atoms with Crippen molar-refractivity contribution < 1.29 is 4.79 Å². The van der Waals surface area contributed by atoms with Crippen LogP contribution in [0, 0.1) is 6.92 Å². The van der Waals surface area contributed by atoms with Gasteiger partial charge in [0.05, 0.1) is 0 Å². The highest BCUT2D eigenvalue weighted by atomic mass is 32.1. The summed E-state index contributed by atoms with van der Waals surface area (Å²) < 4.78 is 0. The number of rotatable bonds is 6. The lowest BCUT2D eigenvalue weighted by molar-refractivity contribution is -0.131. The van der Waals surface area contributed by atoms with E-state index in [1.54, 1.807) is 4.90 Å². The molecular weight excluding hydrogens is 232 g/mol. The summed E-state index contributed by atoms with van der Waals surface area (Å²) in [5.74, 6) is 0.191. The lowest BCUT2D eigenvalue weighted by atomic mass is 10.2. The summed E-state index contributed by atoms with van der Waals surface area (Å²) in [7, 11) is 1.83. The number of nitrogens with zero attached hydrogens (tertiary/aromatic N) is 1. The van der Waals surface area contributed by atoms with Gasteiger partial charge in [-0.3, -0.25) is 4.79 Å². The van der Waals surface area contributed by atoms with Crippen molar-refractivity contribution in [2.75, 3.05) is 13.6 Å². The van der Waals surface area contributed by atoms with Crippen LogP contribution in [0.5, 0.6) is 0 Å². The van der Waals surface area contributed by atoms with E-state index >= 15 is 0 Å². The average Bonchev–Trinajstić information content (AvgIpc) is 2.72. The number of nitrogens with two attached hydrogens (primary N) is 1. The molecule has 0 saturated carbocycles. The fourth-order valence-electron chi connectivity index (χ4n) is 1.61. The molecule has 0 aliphatic rings. The summed E-state index contributed by atoms with van der Waals surface area (Å²) in [6.07, 6.45) is 2.52. The first-order valence-corrected chi connectivity index (χ1v) is 6.87. The molecule has 0 aliphatic heterocycles. The monoisotopic (exact) mass is 254 g/mol. The maximum Gasteiger partial charge on any atom is 0.222 e. The molecule has 0 aliphatic carbocycles. The van der Waals surface area contributed by atoms with Crippen molar-refractivity contribution in [3.63, 3.8) is 0 Å². The van der Waals surface area contributed by atoms with E-state index in [0.29, 0.717) is 13.0 Å². The molecule has 0 fully saturated rings. The molecule has 4 heteroatoms. The van der Waals surface area contributed by atoms with Crippen molar-refractivity contribution in [2.45, 2.75) is 39.2 Å². The van der Waals surface area contributed by atoms with Gasteiger partial charge in [-0.2, -0.15) is 0 Å². The number of hydrogen-bond acceptors (Lipinski definition) is 3. The Morgan fingerprint density at radius 3 is 2.76 bits per heavy atom. The van der Waals surface area contributed by atoms with E-state index in [0.717, 1.165) is 12.8 Å². The third kappa shape index (κ3) is 4.48. The highest BCUT2D eigenvalue weighted by Gasteiger charge is 2.13. The van der Waals surface area contributed by atoms with E-state index in [9.17, 15) is 4.79 Å². The van der Waals surface area contributed by atoms with Gasteiger partial charge in [-0.15, -0.1) is 11.3 Å². The van der Waals surface area contributed by atoms with Crippen LogP contribution in [0.15, 0.2) is 12.1 Å². The van der Waals surface area contributed by atoms with Crippen LogP contribution in [0.25, 0.3) is 0 Å². The Morgan fingerprint density at radius 1 is 1.53 bits per heavy atom. The minimum absolute atomic E-state index is 0.131. The van der Waals surface area contributed by atoms with Gasteiger partial charge in [0.25, 0.3) is 0 Å². The fourth-order valence-corrected chi connectivity index (χ4v) is 2.55. The standard InChI is InChI=1S/C13H22N2OS/c1-10(9-14)15(3)13(16)6-4-5-12-8-7-11(2)17-12/h7-8,10H,4-6,9,14H2,1-3H3. The van der Waals surface area contributed by atoms with Gasteiger partial charge in [-0.05, 0) is 38.8 Å². The predicted molar refractivity (Wildman–Crippen MR) is 73.3 cm³/mol. The summed E-state index contributed by atoms with van der Waals surface area (Å²) in [6, 6.07) is 4.41. The highest BCUT2D eigenvalue weighted by Crippen LogP contribution is 2.17. The zero-order chi connectivity index (χ0) is 12.8. The Kier molecular flexibility index (Phi) is 5.65. The number of hydrogen-bond donors (Lipinski definition) is 1. The smallest absolute Gasteiger partial charge is 0.222 e. The quantitative estimate of drug-likeness (QED) is 0.846. The van der Waals surface area contributed by atoms with Crippen LogP contribution in [0.4, 0.5) is 0 Å². The molecule has 1 amide bonds. The number of likely N-dealkylation sites (N-methyl/N-ethyl adjacent to an activating group) is 1. The Hall–Kier alpha value is -0.870. The zero-order valence-corrected chi connectivity index (χ0v) is 11.7. The Balaban J connectivity index is 2.29. The summed E-state index contributed by atoms with van der Waals surface area (Å²) in [5, 5.41) is 0. The van der Waals surface area contributed by atoms with E-state index in [1.807, 2.05) is 25.3 Å². The molecule has 1 aromatic heterocycles. The predicted octanol–water partition coefficient (Wildman–Crippen LogP) is 2.18. The van der Waals surface area contributed by atoms with Crippen molar-refractivity contribution in [1.29, 1.82) is 0 Å². The largest absolute Gasteiger partial charge is 0.342 e. The Bertz CT molecular complexity index is 362. The lowest BCUT2D eigenvalue weighted by Gasteiger charge is -2.23. The Labute approximate surface area is 108 Å². The maximum atomic E-state index is 11.8. The molecule has 1 rings (SSSR count). The van der Waals surface area contributed by atoms with Gasteiger partial charge in [0.2, 0.25) is 5.91 Å². The van der Waals surface area contributed by atoms with E-state index in [2.05, 4.69) is 19.1 Å². The minimum atomic E-state index is 0.131. The summed E-state index contributed by atoms with van der Waals surface area (Å²) >= 11 is 1.81. The number of thiophene rings is 1. The van der Waals surface area contributed by atoms with E-state index in [1.165, 1.54) is 9.75 Å². The first-order valence-electron chi connectivity index (χ1n) is 6.05. The molecular formula is C13H22N2OS. The lowest BCUT2D eigenvalue weighted by Crippen LogP contribution is -2.39. The third-order valence-electron chi connectivity index (χ3n) is 3.01. The molecule has 1 heterocycles. The van der Waals surface area contributed by atoms with Gasteiger partial charge >= 0.3 is 0 Å². The topological polar surface area (TPSA) is 46.3 Å². The number of aryl methyl sites for hydroxylation is 2. The van der Waals surface area contributed by atoms with Crippen LogP contribution in [-0.4, -0.2) is 30.4 Å². The molecule has 0 spiro atoms. The van der Waals surface area contributed by atoms with Crippen molar-refractivity contribution in [3.8, 4) is 0 Å².